The summed E-state index contributed by atoms with van der Waals surface area (Å²) in [5.74, 6) is -1.29. The van der Waals surface area contributed by atoms with Crippen molar-refractivity contribution in [1.82, 2.24) is 15.5 Å². The summed E-state index contributed by atoms with van der Waals surface area (Å²) >= 11 is 0. The van der Waals surface area contributed by atoms with Gasteiger partial charge in [-0.2, -0.15) is 13.2 Å². The molecule has 0 radical (unpaired) electrons. The van der Waals surface area contributed by atoms with Crippen molar-refractivity contribution in [2.45, 2.75) is 25.1 Å². The van der Waals surface area contributed by atoms with Gasteiger partial charge in [0.25, 0.3) is 11.8 Å². The van der Waals surface area contributed by atoms with E-state index in [4.69, 9.17) is 0 Å². The maximum absolute atomic E-state index is 12.8. The highest BCUT2D eigenvalue weighted by atomic mass is 19.4. The normalized spacial score (nSPS) is 15.3. The number of carbonyl (C=O) groups is 3. The monoisotopic (exact) mass is 473 g/mol. The average molecular weight is 473 g/mol. The molecule has 3 rings (SSSR count). The lowest BCUT2D eigenvalue weighted by Crippen LogP contribution is -2.53. The Morgan fingerprint density at radius 2 is 1.62 bits per heavy atom. The predicted octanol–water partition coefficient (Wildman–Crippen LogP) is 3.66. The molecule has 1 atom stereocenters. The fourth-order valence-electron chi connectivity index (χ4n) is 3.91. The molecule has 0 aromatic heterocycles. The van der Waals surface area contributed by atoms with Crippen molar-refractivity contribution >= 4 is 17.7 Å². The van der Waals surface area contributed by atoms with Crippen LogP contribution < -0.4 is 10.6 Å². The van der Waals surface area contributed by atoms with Crippen LogP contribution in [0, 0.1) is 5.92 Å². The van der Waals surface area contributed by atoms with E-state index in [1.54, 1.807) is 41.3 Å². The molecule has 1 unspecified atom stereocenters. The molecule has 1 fully saturated rings. The maximum Gasteiger partial charge on any atom is 0.416 e. The fourth-order valence-corrected chi connectivity index (χ4v) is 3.91. The highest BCUT2D eigenvalue weighted by Gasteiger charge is 2.34. The first kappa shape index (κ1) is 25.0. The zero-order valence-corrected chi connectivity index (χ0v) is 18.5. The minimum Gasteiger partial charge on any atom is -0.351 e. The van der Waals surface area contributed by atoms with Crippen molar-refractivity contribution in [2.75, 3.05) is 19.6 Å². The summed E-state index contributed by atoms with van der Waals surface area (Å²) in [5, 5.41) is 5.53. The van der Waals surface area contributed by atoms with Crippen molar-refractivity contribution in [3.05, 3.63) is 83.9 Å². The summed E-state index contributed by atoms with van der Waals surface area (Å²) in [6.07, 6.45) is -2.02. The van der Waals surface area contributed by atoms with E-state index in [1.165, 1.54) is 12.1 Å². The first-order chi connectivity index (χ1) is 16.2. The number of amides is 3. The molecule has 9 heteroatoms. The molecule has 0 saturated carbocycles. The molecular formula is C25H26F3N3O3. The van der Waals surface area contributed by atoms with Crippen LogP contribution in [0.2, 0.25) is 0 Å². The van der Waals surface area contributed by atoms with Crippen molar-refractivity contribution in [1.29, 1.82) is 0 Å². The number of halogens is 3. The van der Waals surface area contributed by atoms with Crippen LogP contribution in [-0.4, -0.2) is 48.3 Å². The van der Waals surface area contributed by atoms with Crippen molar-refractivity contribution in [3.8, 4) is 0 Å². The molecule has 34 heavy (non-hydrogen) atoms. The van der Waals surface area contributed by atoms with Crippen LogP contribution in [0.5, 0.6) is 0 Å². The molecule has 0 bridgehead atoms. The van der Waals surface area contributed by atoms with Crippen LogP contribution in [0.1, 0.15) is 39.1 Å². The molecule has 3 amide bonds. The molecule has 180 valence electrons. The molecule has 6 nitrogen and oxygen atoms in total. The molecule has 0 aliphatic carbocycles. The Hall–Kier alpha value is -3.62. The van der Waals surface area contributed by atoms with E-state index in [-0.39, 0.29) is 35.7 Å². The molecule has 2 N–H and O–H groups in total. The predicted molar refractivity (Wildman–Crippen MR) is 121 cm³/mol. The van der Waals surface area contributed by atoms with Gasteiger partial charge in [-0.05, 0) is 55.2 Å². The molecule has 2 aromatic rings. The third-order valence-electron chi connectivity index (χ3n) is 5.78. The Morgan fingerprint density at radius 1 is 1.00 bits per heavy atom. The number of hydrogen-bond acceptors (Lipinski definition) is 3. The van der Waals surface area contributed by atoms with E-state index in [1.807, 2.05) is 0 Å². The quantitative estimate of drug-likeness (QED) is 0.603. The van der Waals surface area contributed by atoms with Crippen LogP contribution in [0.3, 0.4) is 0 Å². The summed E-state index contributed by atoms with van der Waals surface area (Å²) < 4.78 is 38.3. The van der Waals surface area contributed by atoms with E-state index in [2.05, 4.69) is 17.2 Å². The number of alkyl halides is 3. The second-order valence-electron chi connectivity index (χ2n) is 8.06. The van der Waals surface area contributed by atoms with E-state index in [0.29, 0.717) is 31.5 Å². The Balaban J connectivity index is 1.66. The Kier molecular flexibility index (Phi) is 8.09. The van der Waals surface area contributed by atoms with Gasteiger partial charge < -0.3 is 15.5 Å². The van der Waals surface area contributed by atoms with Crippen LogP contribution in [0.4, 0.5) is 13.2 Å². The SMILES string of the molecule is C=CCNC(=O)C(NC(=O)c1ccccc1)C1CCN(C(=O)c2ccc(C(F)(F)F)cc2)CC1. The lowest BCUT2D eigenvalue weighted by molar-refractivity contribution is -0.137. The number of carbonyl (C=O) groups excluding carboxylic acids is 3. The van der Waals surface area contributed by atoms with Gasteiger partial charge in [0.1, 0.15) is 6.04 Å². The maximum atomic E-state index is 12.8. The first-order valence-electron chi connectivity index (χ1n) is 10.9. The van der Waals surface area contributed by atoms with Crippen LogP contribution >= 0.6 is 0 Å². The lowest BCUT2D eigenvalue weighted by Gasteiger charge is -2.36. The molecular weight excluding hydrogens is 447 g/mol. The van der Waals surface area contributed by atoms with Gasteiger partial charge in [-0.3, -0.25) is 14.4 Å². The van der Waals surface area contributed by atoms with Gasteiger partial charge >= 0.3 is 6.18 Å². The number of piperidine rings is 1. The smallest absolute Gasteiger partial charge is 0.351 e. The van der Waals surface area contributed by atoms with Crippen molar-refractivity contribution in [3.63, 3.8) is 0 Å². The second-order valence-corrected chi connectivity index (χ2v) is 8.06. The number of hydrogen-bond donors (Lipinski definition) is 2. The summed E-state index contributed by atoms with van der Waals surface area (Å²) in [6, 6.07) is 11.9. The summed E-state index contributed by atoms with van der Waals surface area (Å²) in [4.78, 5) is 39.8. The van der Waals surface area contributed by atoms with Crippen LogP contribution in [-0.2, 0) is 11.0 Å². The zero-order chi connectivity index (χ0) is 24.7. The van der Waals surface area contributed by atoms with Gasteiger partial charge in [-0.15, -0.1) is 6.58 Å². The van der Waals surface area contributed by atoms with Gasteiger partial charge in [0, 0.05) is 30.8 Å². The van der Waals surface area contributed by atoms with Crippen LogP contribution in [0.25, 0.3) is 0 Å². The largest absolute Gasteiger partial charge is 0.416 e. The van der Waals surface area contributed by atoms with E-state index >= 15 is 0 Å². The van der Waals surface area contributed by atoms with Gasteiger partial charge in [-0.25, -0.2) is 0 Å². The molecule has 1 heterocycles. The summed E-state index contributed by atoms with van der Waals surface area (Å²) in [5.41, 5.74) is -0.215. The van der Waals surface area contributed by atoms with Crippen LogP contribution in [0.15, 0.2) is 67.3 Å². The van der Waals surface area contributed by atoms with Gasteiger partial charge in [-0.1, -0.05) is 24.3 Å². The topological polar surface area (TPSA) is 78.5 Å². The Labute approximate surface area is 195 Å². The van der Waals surface area contributed by atoms with E-state index in [0.717, 1.165) is 12.1 Å². The molecule has 2 aromatic carbocycles. The minimum absolute atomic E-state index is 0.170. The molecule has 1 aliphatic rings. The second kappa shape index (κ2) is 11.0. The van der Waals surface area contributed by atoms with Gasteiger partial charge in [0.2, 0.25) is 5.91 Å². The van der Waals surface area contributed by atoms with Gasteiger partial charge in [0.15, 0.2) is 0 Å². The molecule has 0 spiro atoms. The standard InChI is InChI=1S/C25H26F3N3O3/c1-2-14-29-23(33)21(30-22(32)18-6-4-3-5-7-18)17-12-15-31(16-13-17)24(34)19-8-10-20(11-9-19)25(26,27)28/h2-11,17,21H,1,12-16H2,(H,29,33)(H,30,32). The number of nitrogens with zero attached hydrogens (tertiary/aromatic N) is 1. The highest BCUT2D eigenvalue weighted by molar-refractivity contribution is 5.97. The Morgan fingerprint density at radius 3 is 2.18 bits per heavy atom. The van der Waals surface area contributed by atoms with Crippen molar-refractivity contribution < 1.29 is 27.6 Å². The first-order valence-corrected chi connectivity index (χ1v) is 10.9. The third kappa shape index (κ3) is 6.24. The van der Waals surface area contributed by atoms with Gasteiger partial charge in [0.05, 0.1) is 5.56 Å². The highest BCUT2D eigenvalue weighted by Crippen LogP contribution is 2.29. The number of nitrogens with one attached hydrogen (secondary N) is 2. The molecule has 1 aliphatic heterocycles. The van der Waals surface area contributed by atoms with E-state index in [9.17, 15) is 27.6 Å². The van der Waals surface area contributed by atoms with E-state index < -0.39 is 17.8 Å². The molecule has 1 saturated heterocycles. The minimum atomic E-state index is -4.47. The lowest BCUT2D eigenvalue weighted by atomic mass is 9.88. The zero-order valence-electron chi connectivity index (χ0n) is 18.5. The Bertz CT molecular complexity index is 1020. The summed E-state index contributed by atoms with van der Waals surface area (Å²) in [6.45, 7) is 4.47. The summed E-state index contributed by atoms with van der Waals surface area (Å²) in [7, 11) is 0. The average Bonchev–Trinajstić information content (AvgIpc) is 2.85. The number of benzene rings is 2. The number of rotatable bonds is 7. The van der Waals surface area contributed by atoms with Crippen molar-refractivity contribution in [2.24, 2.45) is 5.92 Å². The third-order valence-corrected chi connectivity index (χ3v) is 5.78. The fraction of sp³-hybridized carbons (Fsp3) is 0.320. The number of likely N-dealkylation sites (tertiary alicyclic amines) is 1.